The van der Waals surface area contributed by atoms with Crippen molar-refractivity contribution in [1.29, 1.82) is 0 Å². The molecule has 1 heterocycles. The lowest BCUT2D eigenvalue weighted by atomic mass is 9.81. The Balaban J connectivity index is 3.20. The third kappa shape index (κ3) is 4.00. The summed E-state index contributed by atoms with van der Waals surface area (Å²) in [5.74, 6) is 1.93. The summed E-state index contributed by atoms with van der Waals surface area (Å²) in [5, 5.41) is 1.25. The second-order valence-electron chi connectivity index (χ2n) is 8.03. The lowest BCUT2D eigenvalue weighted by molar-refractivity contribution is 0.287. The van der Waals surface area contributed by atoms with Crippen molar-refractivity contribution >= 4 is 17.5 Å². The van der Waals surface area contributed by atoms with Gasteiger partial charge in [0, 0.05) is 16.2 Å². The van der Waals surface area contributed by atoms with Crippen LogP contribution in [-0.4, -0.2) is 22.3 Å². The van der Waals surface area contributed by atoms with Gasteiger partial charge in [-0.3, -0.25) is 4.99 Å². The van der Waals surface area contributed by atoms with Crippen molar-refractivity contribution in [1.82, 2.24) is 0 Å². The minimum absolute atomic E-state index is 0.254. The fourth-order valence-electron chi connectivity index (χ4n) is 2.81. The van der Waals surface area contributed by atoms with E-state index >= 15 is 0 Å². The molecule has 3 unspecified atom stereocenters. The summed E-state index contributed by atoms with van der Waals surface area (Å²) in [5.41, 5.74) is 1.70. The van der Waals surface area contributed by atoms with Crippen LogP contribution in [0, 0.1) is 23.2 Å². The van der Waals surface area contributed by atoms with Crippen LogP contribution in [0.4, 0.5) is 0 Å². The fourth-order valence-corrected chi connectivity index (χ4v) is 4.86. The molecule has 0 aromatic carbocycles. The van der Waals surface area contributed by atoms with Gasteiger partial charge in [-0.05, 0) is 23.2 Å². The zero-order chi connectivity index (χ0) is 15.0. The first-order valence-corrected chi connectivity index (χ1v) is 8.73. The maximum atomic E-state index is 5.25. The van der Waals surface area contributed by atoms with Crippen LogP contribution in [0.5, 0.6) is 0 Å². The molecule has 1 rings (SSSR count). The Kier molecular flexibility index (Phi) is 5.57. The first-order chi connectivity index (χ1) is 8.55. The summed E-state index contributed by atoms with van der Waals surface area (Å²) in [4.78, 5) is 5.25. The number of hydrogen-bond acceptors (Lipinski definition) is 2. The molecule has 0 aliphatic carbocycles. The van der Waals surface area contributed by atoms with Crippen LogP contribution in [-0.2, 0) is 0 Å². The van der Waals surface area contributed by atoms with Gasteiger partial charge in [-0.1, -0.05) is 62.3 Å². The molecular weight excluding hydrogens is 250 g/mol. The predicted octanol–water partition coefficient (Wildman–Crippen LogP) is 5.29. The van der Waals surface area contributed by atoms with Crippen LogP contribution in [0.2, 0.25) is 0 Å². The number of nitrogens with zero attached hydrogens (tertiary/aromatic N) is 1. The zero-order valence-electron chi connectivity index (χ0n) is 14.3. The summed E-state index contributed by atoms with van der Waals surface area (Å²) in [6, 6.07) is 0.449. The minimum atomic E-state index is 0.254. The molecule has 19 heavy (non-hydrogen) atoms. The summed E-state index contributed by atoms with van der Waals surface area (Å²) in [6.45, 7) is 21.0. The lowest BCUT2D eigenvalue weighted by Gasteiger charge is -2.44. The van der Waals surface area contributed by atoms with Crippen molar-refractivity contribution in [3.05, 3.63) is 0 Å². The summed E-state index contributed by atoms with van der Waals surface area (Å²) < 4.78 is 0. The van der Waals surface area contributed by atoms with Crippen molar-refractivity contribution in [2.24, 2.45) is 28.2 Å². The standard InChI is InChI=1S/C17H33NS/c1-10(2)13-14(11(3)4)19-15(12(5)6)16(18-13)17(7,8)9/h10-12,14-16H,1-9H3. The Bertz CT molecular complexity index is 323. The van der Waals surface area contributed by atoms with Gasteiger partial charge in [0.1, 0.15) is 0 Å². The van der Waals surface area contributed by atoms with E-state index in [1.807, 2.05) is 0 Å². The van der Waals surface area contributed by atoms with Crippen LogP contribution >= 0.6 is 11.8 Å². The molecule has 0 aromatic heterocycles. The lowest BCUT2D eigenvalue weighted by Crippen LogP contribution is -2.46. The van der Waals surface area contributed by atoms with Gasteiger partial charge in [-0.15, -0.1) is 11.8 Å². The van der Waals surface area contributed by atoms with E-state index in [1.54, 1.807) is 0 Å². The average molecular weight is 284 g/mol. The molecule has 1 aliphatic rings. The Morgan fingerprint density at radius 2 is 1.47 bits per heavy atom. The summed E-state index contributed by atoms with van der Waals surface area (Å²) in [6.07, 6.45) is 0. The monoisotopic (exact) mass is 283 g/mol. The molecule has 1 aliphatic heterocycles. The number of rotatable bonds is 3. The molecule has 2 heteroatoms. The zero-order valence-corrected chi connectivity index (χ0v) is 15.1. The average Bonchev–Trinajstić information content (AvgIpc) is 2.25. The van der Waals surface area contributed by atoms with E-state index in [2.05, 4.69) is 74.1 Å². The molecule has 112 valence electrons. The quantitative estimate of drug-likeness (QED) is 0.685. The molecule has 0 radical (unpaired) electrons. The van der Waals surface area contributed by atoms with Crippen LogP contribution in [0.3, 0.4) is 0 Å². The molecule has 0 saturated heterocycles. The van der Waals surface area contributed by atoms with Gasteiger partial charge < -0.3 is 0 Å². The van der Waals surface area contributed by atoms with Gasteiger partial charge in [0.05, 0.1) is 6.04 Å². The van der Waals surface area contributed by atoms with Crippen LogP contribution in [0.15, 0.2) is 4.99 Å². The number of hydrogen-bond donors (Lipinski definition) is 0. The number of aliphatic imine (C=N–C) groups is 1. The van der Waals surface area contributed by atoms with E-state index in [9.17, 15) is 0 Å². The maximum absolute atomic E-state index is 5.25. The van der Waals surface area contributed by atoms with E-state index in [-0.39, 0.29) is 5.41 Å². The summed E-state index contributed by atoms with van der Waals surface area (Å²) >= 11 is 2.19. The van der Waals surface area contributed by atoms with Crippen molar-refractivity contribution in [3.8, 4) is 0 Å². The molecule has 3 atom stereocenters. The Morgan fingerprint density at radius 3 is 1.79 bits per heavy atom. The number of thioether (sulfide) groups is 1. The molecule has 0 aromatic rings. The van der Waals surface area contributed by atoms with Crippen molar-refractivity contribution in [3.63, 3.8) is 0 Å². The third-order valence-corrected chi connectivity index (χ3v) is 6.13. The smallest absolute Gasteiger partial charge is 0.0669 e. The molecule has 0 spiro atoms. The van der Waals surface area contributed by atoms with Gasteiger partial charge in [-0.25, -0.2) is 0 Å². The van der Waals surface area contributed by atoms with E-state index in [4.69, 9.17) is 4.99 Å². The highest BCUT2D eigenvalue weighted by Crippen LogP contribution is 2.43. The van der Waals surface area contributed by atoms with Gasteiger partial charge in [-0.2, -0.15) is 0 Å². The molecule has 0 fully saturated rings. The van der Waals surface area contributed by atoms with Gasteiger partial charge in [0.15, 0.2) is 0 Å². The minimum Gasteiger partial charge on any atom is -0.288 e. The van der Waals surface area contributed by atoms with Crippen LogP contribution in [0.1, 0.15) is 62.3 Å². The van der Waals surface area contributed by atoms with Crippen molar-refractivity contribution in [2.45, 2.75) is 78.9 Å². The van der Waals surface area contributed by atoms with E-state index < -0.39 is 0 Å². The molecular formula is C17H33NS. The SMILES string of the molecule is CC(C)C1=NC(C(C)(C)C)C(C(C)C)SC1C(C)C. The van der Waals surface area contributed by atoms with E-state index in [0.717, 1.165) is 0 Å². The molecule has 0 saturated carbocycles. The van der Waals surface area contributed by atoms with E-state index in [1.165, 1.54) is 5.71 Å². The fraction of sp³-hybridized carbons (Fsp3) is 0.941. The molecule has 0 bridgehead atoms. The highest BCUT2D eigenvalue weighted by atomic mass is 32.2. The molecule has 1 nitrogen and oxygen atoms in total. The van der Waals surface area contributed by atoms with Gasteiger partial charge in [0.2, 0.25) is 0 Å². The van der Waals surface area contributed by atoms with Crippen molar-refractivity contribution < 1.29 is 0 Å². The molecule has 0 N–H and O–H groups in total. The highest BCUT2D eigenvalue weighted by molar-refractivity contribution is 8.01. The maximum Gasteiger partial charge on any atom is 0.0669 e. The summed E-state index contributed by atoms with van der Waals surface area (Å²) in [7, 11) is 0. The van der Waals surface area contributed by atoms with Gasteiger partial charge >= 0.3 is 0 Å². The second kappa shape index (κ2) is 6.20. The van der Waals surface area contributed by atoms with Crippen LogP contribution < -0.4 is 0 Å². The van der Waals surface area contributed by atoms with Crippen molar-refractivity contribution in [2.75, 3.05) is 0 Å². The largest absolute Gasteiger partial charge is 0.288 e. The topological polar surface area (TPSA) is 12.4 Å². The predicted molar refractivity (Wildman–Crippen MR) is 90.4 cm³/mol. The first-order valence-electron chi connectivity index (χ1n) is 7.78. The Hall–Kier alpha value is 0.0200. The van der Waals surface area contributed by atoms with Gasteiger partial charge in [0.25, 0.3) is 0 Å². The first kappa shape index (κ1) is 17.1. The highest BCUT2D eigenvalue weighted by Gasteiger charge is 2.41. The van der Waals surface area contributed by atoms with E-state index in [0.29, 0.717) is 34.3 Å². The Morgan fingerprint density at radius 1 is 0.947 bits per heavy atom. The normalized spacial score (nSPS) is 29.3. The third-order valence-electron chi connectivity index (χ3n) is 3.94. The molecule has 0 amide bonds. The second-order valence-corrected chi connectivity index (χ2v) is 9.35. The van der Waals surface area contributed by atoms with Crippen LogP contribution in [0.25, 0.3) is 0 Å². The Labute approximate surface area is 125 Å².